The number of nitrogens with zero attached hydrogens (tertiary/aromatic N) is 4. The Bertz CT molecular complexity index is 1020. The fraction of sp³-hybridized carbons (Fsp3) is 0.391. The van der Waals surface area contributed by atoms with Crippen LogP contribution in [0.25, 0.3) is 0 Å². The molecule has 1 amide bonds. The van der Waals surface area contributed by atoms with Crippen LogP contribution in [0.15, 0.2) is 53.7 Å². The van der Waals surface area contributed by atoms with Gasteiger partial charge in [-0.3, -0.25) is 4.79 Å². The standard InChI is InChI=1S/C23H27N5O2S/c1-16-13-14-20(30-2)19(15-16)24-22(29)21(17-9-5-3-6-10-17)31-23-25-26-27-28(23)18-11-7-4-8-12-18/h3,5-6,9-10,13-15,18,21H,4,7-8,11-12H2,1-2H3,(H,24,29). The highest BCUT2D eigenvalue weighted by Gasteiger charge is 2.28. The molecule has 0 radical (unpaired) electrons. The fourth-order valence-electron chi connectivity index (χ4n) is 3.94. The Kier molecular flexibility index (Phi) is 6.86. The third kappa shape index (κ3) is 5.07. The summed E-state index contributed by atoms with van der Waals surface area (Å²) >= 11 is 1.39. The predicted molar refractivity (Wildman–Crippen MR) is 121 cm³/mol. The Labute approximate surface area is 186 Å². The lowest BCUT2D eigenvalue weighted by Gasteiger charge is -2.23. The van der Waals surface area contributed by atoms with Gasteiger partial charge < -0.3 is 10.1 Å². The molecule has 31 heavy (non-hydrogen) atoms. The van der Waals surface area contributed by atoms with E-state index >= 15 is 0 Å². The number of amides is 1. The van der Waals surface area contributed by atoms with Crippen molar-refractivity contribution in [2.45, 2.75) is 55.5 Å². The van der Waals surface area contributed by atoms with Crippen molar-refractivity contribution >= 4 is 23.4 Å². The molecule has 0 bridgehead atoms. The number of hydrogen-bond donors (Lipinski definition) is 1. The molecule has 1 aliphatic carbocycles. The normalized spacial score (nSPS) is 15.4. The number of rotatable bonds is 7. The van der Waals surface area contributed by atoms with Gasteiger partial charge in [-0.15, -0.1) is 5.10 Å². The molecule has 2 aromatic carbocycles. The van der Waals surface area contributed by atoms with Gasteiger partial charge in [-0.25, -0.2) is 4.68 Å². The molecular formula is C23H27N5O2S. The van der Waals surface area contributed by atoms with E-state index in [1.165, 1.54) is 31.0 Å². The molecule has 0 aliphatic heterocycles. The molecule has 162 valence electrons. The number of methoxy groups -OCH3 is 1. The molecule has 1 aromatic heterocycles. The minimum Gasteiger partial charge on any atom is -0.495 e. The van der Waals surface area contributed by atoms with Gasteiger partial charge in [0.25, 0.3) is 0 Å². The first kappa shape index (κ1) is 21.4. The Morgan fingerprint density at radius 3 is 2.68 bits per heavy atom. The van der Waals surface area contributed by atoms with E-state index in [2.05, 4.69) is 20.8 Å². The SMILES string of the molecule is COc1ccc(C)cc1NC(=O)C(Sc1nnnn1C1CCCCC1)c1ccccc1. The van der Waals surface area contributed by atoms with E-state index in [-0.39, 0.29) is 5.91 Å². The van der Waals surface area contributed by atoms with Crippen LogP contribution >= 0.6 is 11.8 Å². The van der Waals surface area contributed by atoms with Crippen LogP contribution < -0.4 is 10.1 Å². The van der Waals surface area contributed by atoms with E-state index < -0.39 is 5.25 Å². The van der Waals surface area contributed by atoms with Gasteiger partial charge in [0.15, 0.2) is 0 Å². The second-order valence-corrected chi connectivity index (χ2v) is 8.87. The van der Waals surface area contributed by atoms with Crippen LogP contribution in [0.4, 0.5) is 5.69 Å². The van der Waals surface area contributed by atoms with Crippen molar-refractivity contribution in [1.29, 1.82) is 0 Å². The van der Waals surface area contributed by atoms with Crippen molar-refractivity contribution in [2.24, 2.45) is 0 Å². The number of ether oxygens (including phenoxy) is 1. The number of tetrazole rings is 1. The van der Waals surface area contributed by atoms with Crippen LogP contribution in [0.2, 0.25) is 0 Å². The Morgan fingerprint density at radius 1 is 1.16 bits per heavy atom. The Morgan fingerprint density at radius 2 is 1.94 bits per heavy atom. The average molecular weight is 438 g/mol. The molecule has 0 saturated heterocycles. The summed E-state index contributed by atoms with van der Waals surface area (Å²) < 4.78 is 7.34. The van der Waals surface area contributed by atoms with Crippen LogP contribution in [0.5, 0.6) is 5.75 Å². The topological polar surface area (TPSA) is 81.9 Å². The second kappa shape index (κ2) is 9.96. The Hall–Kier alpha value is -2.87. The van der Waals surface area contributed by atoms with Crippen molar-refractivity contribution in [3.63, 3.8) is 0 Å². The zero-order valence-electron chi connectivity index (χ0n) is 17.8. The number of benzene rings is 2. The lowest BCUT2D eigenvalue weighted by Crippen LogP contribution is -2.21. The zero-order chi connectivity index (χ0) is 21.6. The van der Waals surface area contributed by atoms with Crippen molar-refractivity contribution in [1.82, 2.24) is 20.2 Å². The molecule has 8 heteroatoms. The van der Waals surface area contributed by atoms with Gasteiger partial charge in [0.2, 0.25) is 11.1 Å². The lowest BCUT2D eigenvalue weighted by atomic mass is 9.96. The van der Waals surface area contributed by atoms with Gasteiger partial charge in [0.1, 0.15) is 11.0 Å². The minimum absolute atomic E-state index is 0.140. The number of anilines is 1. The number of carbonyl (C=O) groups excluding carboxylic acids is 1. The minimum atomic E-state index is -0.500. The summed E-state index contributed by atoms with van der Waals surface area (Å²) in [5.74, 6) is 0.487. The summed E-state index contributed by atoms with van der Waals surface area (Å²) in [6.45, 7) is 1.98. The highest BCUT2D eigenvalue weighted by Crippen LogP contribution is 2.38. The molecular weight excluding hydrogens is 410 g/mol. The van der Waals surface area contributed by atoms with E-state index in [0.29, 0.717) is 22.6 Å². The number of aromatic nitrogens is 4. The monoisotopic (exact) mass is 437 g/mol. The molecule has 1 unspecified atom stereocenters. The first-order valence-electron chi connectivity index (χ1n) is 10.6. The average Bonchev–Trinajstić information content (AvgIpc) is 3.27. The molecule has 1 fully saturated rings. The number of aryl methyl sites for hydroxylation is 1. The summed E-state index contributed by atoms with van der Waals surface area (Å²) in [5, 5.41) is 15.6. The van der Waals surface area contributed by atoms with Crippen molar-refractivity contribution in [3.8, 4) is 5.75 Å². The molecule has 7 nitrogen and oxygen atoms in total. The van der Waals surface area contributed by atoms with Gasteiger partial charge in [-0.1, -0.05) is 67.4 Å². The van der Waals surface area contributed by atoms with Gasteiger partial charge in [0.05, 0.1) is 18.8 Å². The number of carbonyl (C=O) groups is 1. The van der Waals surface area contributed by atoms with Crippen molar-refractivity contribution in [2.75, 3.05) is 12.4 Å². The van der Waals surface area contributed by atoms with Crippen LogP contribution in [0.1, 0.15) is 54.5 Å². The Balaban J connectivity index is 1.61. The third-order valence-corrected chi connectivity index (χ3v) is 6.76. The van der Waals surface area contributed by atoms with Crippen LogP contribution in [-0.4, -0.2) is 33.2 Å². The van der Waals surface area contributed by atoms with E-state index in [1.54, 1.807) is 7.11 Å². The van der Waals surface area contributed by atoms with E-state index in [4.69, 9.17) is 4.74 Å². The summed E-state index contributed by atoms with van der Waals surface area (Å²) in [4.78, 5) is 13.4. The smallest absolute Gasteiger partial charge is 0.242 e. The summed E-state index contributed by atoms with van der Waals surface area (Å²) in [5.41, 5.74) is 2.59. The highest BCUT2D eigenvalue weighted by atomic mass is 32.2. The summed E-state index contributed by atoms with van der Waals surface area (Å²) in [7, 11) is 1.60. The van der Waals surface area contributed by atoms with Gasteiger partial charge in [-0.2, -0.15) is 0 Å². The lowest BCUT2D eigenvalue weighted by molar-refractivity contribution is -0.115. The number of hydrogen-bond acceptors (Lipinski definition) is 6. The molecule has 1 atom stereocenters. The first-order valence-corrected chi connectivity index (χ1v) is 11.5. The number of thioether (sulfide) groups is 1. The molecule has 1 N–H and O–H groups in total. The quantitative estimate of drug-likeness (QED) is 0.526. The third-order valence-electron chi connectivity index (χ3n) is 5.56. The van der Waals surface area contributed by atoms with Gasteiger partial charge in [0, 0.05) is 0 Å². The zero-order valence-corrected chi connectivity index (χ0v) is 18.6. The van der Waals surface area contributed by atoms with Crippen LogP contribution in [0, 0.1) is 6.92 Å². The van der Waals surface area contributed by atoms with Gasteiger partial charge >= 0.3 is 0 Å². The maximum Gasteiger partial charge on any atom is 0.242 e. The molecule has 3 aromatic rings. The van der Waals surface area contributed by atoms with Crippen LogP contribution in [-0.2, 0) is 4.79 Å². The summed E-state index contributed by atoms with van der Waals surface area (Å²) in [6, 6.07) is 15.8. The van der Waals surface area contributed by atoms with E-state index in [9.17, 15) is 4.79 Å². The molecule has 1 saturated carbocycles. The van der Waals surface area contributed by atoms with Crippen molar-refractivity contribution < 1.29 is 9.53 Å². The summed E-state index contributed by atoms with van der Waals surface area (Å²) in [6.07, 6.45) is 5.77. The first-order chi connectivity index (χ1) is 15.2. The maximum atomic E-state index is 13.4. The largest absolute Gasteiger partial charge is 0.495 e. The highest BCUT2D eigenvalue weighted by molar-refractivity contribution is 8.00. The maximum absolute atomic E-state index is 13.4. The number of nitrogens with one attached hydrogen (secondary N) is 1. The van der Waals surface area contributed by atoms with E-state index in [0.717, 1.165) is 24.0 Å². The molecule has 0 spiro atoms. The van der Waals surface area contributed by atoms with E-state index in [1.807, 2.05) is 60.1 Å². The van der Waals surface area contributed by atoms with Crippen molar-refractivity contribution in [3.05, 3.63) is 59.7 Å². The second-order valence-electron chi connectivity index (χ2n) is 7.80. The van der Waals surface area contributed by atoms with Crippen LogP contribution in [0.3, 0.4) is 0 Å². The molecule has 1 heterocycles. The van der Waals surface area contributed by atoms with Gasteiger partial charge in [-0.05, 0) is 53.5 Å². The predicted octanol–water partition coefficient (Wildman–Crippen LogP) is 4.97. The fourth-order valence-corrected chi connectivity index (χ4v) is 4.99. The molecule has 1 aliphatic rings. The molecule has 4 rings (SSSR count).